The van der Waals surface area contributed by atoms with Gasteiger partial charge in [-0.3, -0.25) is 4.99 Å². The Morgan fingerprint density at radius 3 is 2.59 bits per heavy atom. The van der Waals surface area contributed by atoms with Gasteiger partial charge in [0.25, 0.3) is 0 Å². The third-order valence-corrected chi connectivity index (χ3v) is 4.64. The first kappa shape index (κ1) is 21.7. The number of ether oxygens (including phenoxy) is 1. The molecule has 0 saturated heterocycles. The van der Waals surface area contributed by atoms with Gasteiger partial charge in [-0.1, -0.05) is 17.7 Å². The largest absolute Gasteiger partial charge is 0.496 e. The highest BCUT2D eigenvalue weighted by atomic mass is 127. The summed E-state index contributed by atoms with van der Waals surface area (Å²) in [5.41, 5.74) is 1.04. The Balaban J connectivity index is 0.00000441. The van der Waals surface area contributed by atoms with Crippen LogP contribution in [-0.2, 0) is 6.54 Å². The van der Waals surface area contributed by atoms with Gasteiger partial charge in [0.1, 0.15) is 5.75 Å². The molecule has 126 valence electrons. The second-order valence-electron chi connectivity index (χ2n) is 5.20. The van der Waals surface area contributed by atoms with Crippen molar-refractivity contribution in [3.63, 3.8) is 0 Å². The zero-order chi connectivity index (χ0) is 15.9. The van der Waals surface area contributed by atoms with E-state index in [0.717, 1.165) is 23.8 Å². The Bertz CT molecular complexity index is 498. The zero-order valence-electron chi connectivity index (χ0n) is 13.7. The van der Waals surface area contributed by atoms with Gasteiger partial charge >= 0.3 is 0 Å². The highest BCUT2D eigenvalue weighted by molar-refractivity contribution is 14.0. The molecule has 0 atom stereocenters. The average Bonchev–Trinajstić information content (AvgIpc) is 2.48. The van der Waals surface area contributed by atoms with Gasteiger partial charge in [0.15, 0.2) is 5.96 Å². The minimum Gasteiger partial charge on any atom is -0.496 e. The van der Waals surface area contributed by atoms with Crippen LogP contribution in [0.25, 0.3) is 0 Å². The summed E-state index contributed by atoms with van der Waals surface area (Å²) < 4.78 is 5.50. The van der Waals surface area contributed by atoms with Crippen LogP contribution in [0.15, 0.2) is 23.2 Å². The Kier molecular flexibility index (Phi) is 10.3. The van der Waals surface area contributed by atoms with Crippen molar-refractivity contribution < 1.29 is 4.74 Å². The summed E-state index contributed by atoms with van der Waals surface area (Å²) >= 11 is 7.78. The molecule has 7 heteroatoms. The number of benzene rings is 1. The third-order valence-electron chi connectivity index (χ3n) is 3.15. The van der Waals surface area contributed by atoms with Gasteiger partial charge in [0, 0.05) is 35.5 Å². The molecule has 1 aromatic rings. The van der Waals surface area contributed by atoms with E-state index in [9.17, 15) is 0 Å². The van der Waals surface area contributed by atoms with E-state index in [1.54, 1.807) is 14.2 Å². The molecule has 0 fully saturated rings. The standard InChI is InChI=1S/C15H24ClN3OS.HI/c1-15(2,21-5)10-19-14(17-3)18-9-11-6-7-12(16)8-13(11)20-4;/h6-8H,9-10H2,1-5H3,(H2,17,18,19);1H. The maximum Gasteiger partial charge on any atom is 0.191 e. The fourth-order valence-electron chi connectivity index (χ4n) is 1.63. The smallest absolute Gasteiger partial charge is 0.191 e. The lowest BCUT2D eigenvalue weighted by molar-refractivity contribution is 0.409. The Hall–Kier alpha value is -0.340. The number of guanidine groups is 1. The number of rotatable bonds is 6. The molecule has 0 heterocycles. The summed E-state index contributed by atoms with van der Waals surface area (Å²) in [6.45, 7) is 5.85. The first-order valence-electron chi connectivity index (χ1n) is 6.74. The molecule has 0 amide bonds. The zero-order valence-corrected chi connectivity index (χ0v) is 17.6. The second-order valence-corrected chi connectivity index (χ2v) is 7.15. The summed E-state index contributed by atoms with van der Waals surface area (Å²) in [5.74, 6) is 1.55. The molecule has 0 aliphatic rings. The van der Waals surface area contributed by atoms with Crippen molar-refractivity contribution in [2.75, 3.05) is 27.0 Å². The number of hydrogen-bond donors (Lipinski definition) is 2. The third kappa shape index (κ3) is 7.28. The van der Waals surface area contributed by atoms with E-state index in [1.807, 2.05) is 30.0 Å². The van der Waals surface area contributed by atoms with E-state index in [-0.39, 0.29) is 28.7 Å². The fraction of sp³-hybridized carbons (Fsp3) is 0.533. The SMILES string of the molecule is CN=C(NCc1ccc(Cl)cc1OC)NCC(C)(C)SC.I. The van der Waals surface area contributed by atoms with Gasteiger partial charge in [-0.2, -0.15) is 11.8 Å². The molecule has 0 aliphatic heterocycles. The molecule has 22 heavy (non-hydrogen) atoms. The number of halogens is 2. The van der Waals surface area contributed by atoms with E-state index >= 15 is 0 Å². The molecule has 0 unspecified atom stereocenters. The van der Waals surface area contributed by atoms with Crippen LogP contribution in [0.2, 0.25) is 5.02 Å². The highest BCUT2D eigenvalue weighted by Crippen LogP contribution is 2.23. The maximum absolute atomic E-state index is 5.96. The van der Waals surface area contributed by atoms with E-state index < -0.39 is 0 Å². The molecule has 2 N–H and O–H groups in total. The molecule has 1 aromatic carbocycles. The van der Waals surface area contributed by atoms with E-state index in [2.05, 4.69) is 35.7 Å². The lowest BCUT2D eigenvalue weighted by atomic mass is 10.2. The van der Waals surface area contributed by atoms with Crippen LogP contribution in [0.4, 0.5) is 0 Å². The van der Waals surface area contributed by atoms with E-state index in [4.69, 9.17) is 16.3 Å². The van der Waals surface area contributed by atoms with Gasteiger partial charge in [-0.15, -0.1) is 24.0 Å². The molecule has 0 radical (unpaired) electrons. The molecule has 0 spiro atoms. The predicted octanol–water partition coefficient (Wildman–Crippen LogP) is 3.77. The summed E-state index contributed by atoms with van der Waals surface area (Å²) in [5, 5.41) is 7.28. The van der Waals surface area contributed by atoms with Crippen LogP contribution in [0, 0.1) is 0 Å². The van der Waals surface area contributed by atoms with Crippen LogP contribution in [0.5, 0.6) is 5.75 Å². The van der Waals surface area contributed by atoms with E-state index in [0.29, 0.717) is 11.6 Å². The second kappa shape index (κ2) is 10.4. The van der Waals surface area contributed by atoms with Crippen molar-refractivity contribution in [2.24, 2.45) is 4.99 Å². The van der Waals surface area contributed by atoms with Gasteiger partial charge in [0.05, 0.1) is 7.11 Å². The molecule has 4 nitrogen and oxygen atoms in total. The Morgan fingerprint density at radius 1 is 1.36 bits per heavy atom. The van der Waals surface area contributed by atoms with Crippen molar-refractivity contribution in [1.29, 1.82) is 0 Å². The van der Waals surface area contributed by atoms with Crippen molar-refractivity contribution in [1.82, 2.24) is 10.6 Å². The highest BCUT2D eigenvalue weighted by Gasteiger charge is 2.16. The summed E-state index contributed by atoms with van der Waals surface area (Å²) in [7, 11) is 3.41. The van der Waals surface area contributed by atoms with Crippen LogP contribution >= 0.6 is 47.3 Å². The molecule has 0 bridgehead atoms. The minimum atomic E-state index is 0. The van der Waals surface area contributed by atoms with Gasteiger partial charge in [0.2, 0.25) is 0 Å². The number of hydrogen-bond acceptors (Lipinski definition) is 3. The number of nitrogens with zero attached hydrogens (tertiary/aromatic N) is 1. The summed E-state index contributed by atoms with van der Waals surface area (Å²) in [6.07, 6.45) is 2.11. The Labute approximate surface area is 159 Å². The molecule has 0 aliphatic carbocycles. The number of thioether (sulfide) groups is 1. The first-order valence-corrected chi connectivity index (χ1v) is 8.34. The number of nitrogens with one attached hydrogen (secondary N) is 2. The summed E-state index contributed by atoms with van der Waals surface area (Å²) in [4.78, 5) is 4.23. The first-order chi connectivity index (χ1) is 9.91. The van der Waals surface area contributed by atoms with Gasteiger partial charge < -0.3 is 15.4 Å². The number of methoxy groups -OCH3 is 1. The van der Waals surface area contributed by atoms with Crippen molar-refractivity contribution in [3.05, 3.63) is 28.8 Å². The molecular weight excluding hydrogens is 433 g/mol. The average molecular weight is 458 g/mol. The normalized spacial score (nSPS) is 11.6. The minimum absolute atomic E-state index is 0. The van der Waals surface area contributed by atoms with Gasteiger partial charge in [-0.25, -0.2) is 0 Å². The van der Waals surface area contributed by atoms with Crippen LogP contribution in [-0.4, -0.2) is 37.7 Å². The van der Waals surface area contributed by atoms with Crippen LogP contribution < -0.4 is 15.4 Å². The molecular formula is C15H25ClIN3OS. The molecule has 0 aromatic heterocycles. The van der Waals surface area contributed by atoms with Gasteiger partial charge in [-0.05, 0) is 32.2 Å². The predicted molar refractivity (Wildman–Crippen MR) is 109 cm³/mol. The Morgan fingerprint density at radius 2 is 2.05 bits per heavy atom. The van der Waals surface area contributed by atoms with Crippen molar-refractivity contribution in [2.45, 2.75) is 25.1 Å². The number of aliphatic imine (C=N–C) groups is 1. The lowest BCUT2D eigenvalue weighted by Crippen LogP contribution is -2.43. The monoisotopic (exact) mass is 457 g/mol. The van der Waals surface area contributed by atoms with Crippen molar-refractivity contribution >= 4 is 53.3 Å². The lowest BCUT2D eigenvalue weighted by Gasteiger charge is -2.24. The summed E-state index contributed by atoms with van der Waals surface area (Å²) in [6, 6.07) is 5.62. The maximum atomic E-state index is 5.96. The van der Waals surface area contributed by atoms with Crippen LogP contribution in [0.3, 0.4) is 0 Å². The van der Waals surface area contributed by atoms with E-state index in [1.165, 1.54) is 0 Å². The quantitative estimate of drug-likeness (QED) is 0.388. The fourth-order valence-corrected chi connectivity index (χ4v) is 2.01. The topological polar surface area (TPSA) is 45.7 Å². The molecule has 0 saturated carbocycles. The van der Waals surface area contributed by atoms with Crippen LogP contribution in [0.1, 0.15) is 19.4 Å². The van der Waals surface area contributed by atoms with Crippen molar-refractivity contribution in [3.8, 4) is 5.75 Å². The molecule has 1 rings (SSSR count).